The van der Waals surface area contributed by atoms with Crippen molar-refractivity contribution in [2.45, 2.75) is 24.3 Å². The van der Waals surface area contributed by atoms with Crippen LogP contribution in [0, 0.1) is 0 Å². The van der Waals surface area contributed by atoms with Crippen molar-refractivity contribution >= 4 is 11.8 Å². The van der Waals surface area contributed by atoms with Crippen molar-refractivity contribution in [3.8, 4) is 0 Å². The number of rotatable bonds is 5. The molecule has 0 aromatic heterocycles. The topological polar surface area (TPSA) is 43.2 Å². The normalized spacial score (nSPS) is 23.5. The molecule has 0 fully saturated rings. The third kappa shape index (κ3) is 3.88. The molecule has 6 rings (SSSR count). The van der Waals surface area contributed by atoms with Gasteiger partial charge in [-0.2, -0.15) is 0 Å². The molecule has 166 valence electrons. The van der Waals surface area contributed by atoms with E-state index in [1.54, 1.807) is 0 Å². The van der Waals surface area contributed by atoms with Gasteiger partial charge in [-0.05, 0) is 22.3 Å². The van der Waals surface area contributed by atoms with Crippen molar-refractivity contribution in [2.75, 3.05) is 0 Å². The second-order valence-corrected chi connectivity index (χ2v) is 8.48. The van der Waals surface area contributed by atoms with Gasteiger partial charge in [-0.1, -0.05) is 121 Å². The SMILES string of the molecule is c1ccc([C@H]2N=C(C3=N[C@H](c4ccccc4)[C@@H](c4ccccc4)O3)O[C@@H]2c2ccccc2)cc1. The van der Waals surface area contributed by atoms with Gasteiger partial charge in [0.2, 0.25) is 0 Å². The summed E-state index contributed by atoms with van der Waals surface area (Å²) >= 11 is 0. The molecule has 0 spiro atoms. The highest BCUT2D eigenvalue weighted by Crippen LogP contribution is 2.44. The smallest absolute Gasteiger partial charge is 0.274 e. The molecule has 4 aromatic rings. The van der Waals surface area contributed by atoms with Crippen LogP contribution in [0.2, 0.25) is 0 Å². The molecule has 0 aliphatic carbocycles. The molecule has 0 unspecified atom stereocenters. The van der Waals surface area contributed by atoms with Gasteiger partial charge in [0.25, 0.3) is 11.8 Å². The van der Waals surface area contributed by atoms with Crippen LogP contribution in [-0.2, 0) is 9.47 Å². The Morgan fingerprint density at radius 3 is 1.00 bits per heavy atom. The molecule has 2 aliphatic heterocycles. The molecular formula is C30H24N2O2. The average Bonchev–Trinajstić information content (AvgIpc) is 3.56. The molecule has 4 atom stereocenters. The highest BCUT2D eigenvalue weighted by atomic mass is 16.6. The van der Waals surface area contributed by atoms with E-state index in [2.05, 4.69) is 48.5 Å². The monoisotopic (exact) mass is 444 g/mol. The van der Waals surface area contributed by atoms with Gasteiger partial charge in [-0.25, -0.2) is 9.98 Å². The first-order chi connectivity index (χ1) is 16.9. The molecule has 0 radical (unpaired) electrons. The highest BCUT2D eigenvalue weighted by molar-refractivity contribution is 6.36. The maximum Gasteiger partial charge on any atom is 0.274 e. The standard InChI is InChI=1S/C30H24N2O2/c1-5-13-21(14-6-1)25-27(23-17-9-3-10-18-23)33-29(31-25)30-32-26(22-15-7-2-8-16-22)28(34-30)24-19-11-4-12-20-24/h1-20,25-28H/t25-,26-,27-,28-/m1/s1. The van der Waals surface area contributed by atoms with Gasteiger partial charge in [0, 0.05) is 0 Å². The zero-order chi connectivity index (χ0) is 22.7. The van der Waals surface area contributed by atoms with E-state index in [4.69, 9.17) is 19.5 Å². The van der Waals surface area contributed by atoms with Gasteiger partial charge in [-0.15, -0.1) is 0 Å². The second-order valence-electron chi connectivity index (χ2n) is 8.48. The lowest BCUT2D eigenvalue weighted by atomic mass is 9.97. The number of benzene rings is 4. The predicted molar refractivity (Wildman–Crippen MR) is 134 cm³/mol. The second kappa shape index (κ2) is 8.99. The minimum absolute atomic E-state index is 0.171. The largest absolute Gasteiger partial charge is 0.463 e. The Hall–Kier alpha value is -4.18. The summed E-state index contributed by atoms with van der Waals surface area (Å²) in [7, 11) is 0. The lowest BCUT2D eigenvalue weighted by Gasteiger charge is -2.19. The summed E-state index contributed by atoms with van der Waals surface area (Å²) in [6.45, 7) is 0. The Bertz CT molecular complexity index is 1200. The Kier molecular flexibility index (Phi) is 5.40. The summed E-state index contributed by atoms with van der Waals surface area (Å²) in [5.41, 5.74) is 4.36. The van der Waals surface area contributed by atoms with Crippen LogP contribution in [0.3, 0.4) is 0 Å². The van der Waals surface area contributed by atoms with Crippen molar-refractivity contribution in [3.63, 3.8) is 0 Å². The molecule has 0 saturated carbocycles. The van der Waals surface area contributed by atoms with Crippen molar-refractivity contribution < 1.29 is 9.47 Å². The van der Waals surface area contributed by atoms with E-state index in [1.807, 2.05) is 72.8 Å². The van der Waals surface area contributed by atoms with Crippen LogP contribution in [0.5, 0.6) is 0 Å². The van der Waals surface area contributed by atoms with E-state index in [0.29, 0.717) is 11.8 Å². The maximum atomic E-state index is 6.46. The molecule has 0 bridgehead atoms. The van der Waals surface area contributed by atoms with Gasteiger partial charge in [0.15, 0.2) is 12.2 Å². The van der Waals surface area contributed by atoms with Gasteiger partial charge >= 0.3 is 0 Å². The number of nitrogens with zero attached hydrogens (tertiary/aromatic N) is 2. The lowest BCUT2D eigenvalue weighted by Crippen LogP contribution is -2.17. The first-order valence-corrected chi connectivity index (χ1v) is 11.6. The fourth-order valence-corrected chi connectivity index (χ4v) is 4.61. The maximum absolute atomic E-state index is 6.46. The summed E-state index contributed by atoms with van der Waals surface area (Å²) in [6.07, 6.45) is -0.480. The van der Waals surface area contributed by atoms with Crippen LogP contribution >= 0.6 is 0 Å². The molecule has 0 saturated heterocycles. The fraction of sp³-hybridized carbons (Fsp3) is 0.133. The Balaban J connectivity index is 1.38. The van der Waals surface area contributed by atoms with E-state index in [9.17, 15) is 0 Å². The molecule has 4 heteroatoms. The van der Waals surface area contributed by atoms with Crippen LogP contribution in [0.15, 0.2) is 131 Å². The summed E-state index contributed by atoms with van der Waals surface area (Å²) in [5, 5.41) is 0. The van der Waals surface area contributed by atoms with Crippen molar-refractivity contribution in [3.05, 3.63) is 144 Å². The van der Waals surface area contributed by atoms with E-state index >= 15 is 0 Å². The average molecular weight is 445 g/mol. The predicted octanol–water partition coefficient (Wildman–Crippen LogP) is 6.81. The zero-order valence-electron chi connectivity index (χ0n) is 18.6. The number of aliphatic imine (C=N–C) groups is 2. The summed E-state index contributed by atoms with van der Waals surface area (Å²) < 4.78 is 12.9. The Morgan fingerprint density at radius 2 is 0.676 bits per heavy atom. The van der Waals surface area contributed by atoms with E-state index in [0.717, 1.165) is 22.3 Å². The van der Waals surface area contributed by atoms with Crippen LogP contribution in [0.4, 0.5) is 0 Å². The van der Waals surface area contributed by atoms with Crippen LogP contribution in [0.25, 0.3) is 0 Å². The molecule has 4 aromatic carbocycles. The molecule has 2 heterocycles. The Labute approximate surface area is 199 Å². The van der Waals surface area contributed by atoms with Gasteiger partial charge in [0.1, 0.15) is 12.1 Å². The number of hydrogen-bond donors (Lipinski definition) is 0. The lowest BCUT2D eigenvalue weighted by molar-refractivity contribution is 0.178. The van der Waals surface area contributed by atoms with Crippen molar-refractivity contribution in [1.29, 1.82) is 0 Å². The Morgan fingerprint density at radius 1 is 0.382 bits per heavy atom. The summed E-state index contributed by atoms with van der Waals surface area (Å²) in [6, 6.07) is 40.6. The highest BCUT2D eigenvalue weighted by Gasteiger charge is 2.41. The minimum atomic E-state index is -0.240. The molecule has 0 N–H and O–H groups in total. The first-order valence-electron chi connectivity index (χ1n) is 11.6. The van der Waals surface area contributed by atoms with E-state index < -0.39 is 0 Å². The third-order valence-electron chi connectivity index (χ3n) is 6.28. The molecule has 0 amide bonds. The molecule has 2 aliphatic rings. The van der Waals surface area contributed by atoms with Crippen LogP contribution in [-0.4, -0.2) is 11.8 Å². The van der Waals surface area contributed by atoms with Gasteiger partial charge in [-0.3, -0.25) is 0 Å². The fourth-order valence-electron chi connectivity index (χ4n) is 4.61. The van der Waals surface area contributed by atoms with E-state index in [1.165, 1.54) is 0 Å². The van der Waals surface area contributed by atoms with Gasteiger partial charge < -0.3 is 9.47 Å². The van der Waals surface area contributed by atoms with Crippen molar-refractivity contribution in [2.24, 2.45) is 9.98 Å². The minimum Gasteiger partial charge on any atom is -0.463 e. The summed E-state index contributed by atoms with van der Waals surface area (Å²) in [5.74, 6) is 0.920. The van der Waals surface area contributed by atoms with Gasteiger partial charge in [0.05, 0.1) is 0 Å². The third-order valence-corrected chi connectivity index (χ3v) is 6.28. The van der Waals surface area contributed by atoms with E-state index in [-0.39, 0.29) is 24.3 Å². The molecule has 34 heavy (non-hydrogen) atoms. The van der Waals surface area contributed by atoms with Crippen molar-refractivity contribution in [1.82, 2.24) is 0 Å². The van der Waals surface area contributed by atoms with Crippen LogP contribution < -0.4 is 0 Å². The zero-order valence-corrected chi connectivity index (χ0v) is 18.6. The number of hydrogen-bond acceptors (Lipinski definition) is 4. The molecular weight excluding hydrogens is 420 g/mol. The number of ether oxygens (including phenoxy) is 2. The van der Waals surface area contributed by atoms with Crippen LogP contribution in [0.1, 0.15) is 46.5 Å². The quantitative estimate of drug-likeness (QED) is 0.339. The molecule has 4 nitrogen and oxygen atoms in total. The summed E-state index contributed by atoms with van der Waals surface area (Å²) in [4.78, 5) is 9.99. The first kappa shape index (κ1) is 20.4.